The minimum Gasteiger partial charge on any atom is -0.462 e. The van der Waals surface area contributed by atoms with Crippen molar-refractivity contribution < 1.29 is 28.6 Å². The Kier molecular flexibility index (Phi) is 63.6. The van der Waals surface area contributed by atoms with Crippen LogP contribution in [0.25, 0.3) is 0 Å². The van der Waals surface area contributed by atoms with Gasteiger partial charge in [-0.3, -0.25) is 14.4 Å². The molecule has 0 radical (unpaired) electrons. The third-order valence-corrected chi connectivity index (χ3v) is 15.3. The molecule has 77 heavy (non-hydrogen) atoms. The summed E-state index contributed by atoms with van der Waals surface area (Å²) < 4.78 is 16.9. The van der Waals surface area contributed by atoms with Crippen LogP contribution in [0.4, 0.5) is 0 Å². The number of ether oxygens (including phenoxy) is 3. The molecule has 0 aliphatic carbocycles. The number of allylic oxidation sites excluding steroid dienone is 8. The van der Waals surface area contributed by atoms with Gasteiger partial charge in [-0.15, -0.1) is 0 Å². The van der Waals surface area contributed by atoms with Crippen LogP contribution in [0.15, 0.2) is 48.6 Å². The summed E-state index contributed by atoms with van der Waals surface area (Å²) in [6.07, 6.45) is 83.1. The molecule has 0 aromatic rings. The lowest BCUT2D eigenvalue weighted by molar-refractivity contribution is -0.167. The SMILES string of the molecule is CC/C=C\C/C=C\C/C=C\C/C=C\CCCCCCCCCCC(=O)OC(COC(=O)CCCCCCCCCC)COC(=O)CCCCCCCCCCCCCCCCCCCCCCCCCCCCCCCC. The standard InChI is InChI=1S/C71H130O6/c1-4-7-10-13-16-19-21-23-25-27-29-31-32-33-34-35-36-37-38-39-41-42-44-46-48-50-52-55-58-61-64-70(73)76-67-68(66-75-69(72)63-60-57-54-18-15-12-9-6-3)77-71(74)65-62-59-56-53-51-49-47-45-43-40-30-28-26-24-22-20-17-14-11-8-5-2/h8,11,17,20,24,26,30,40,68H,4-7,9-10,12-16,18-19,21-23,25,27-29,31-39,41-67H2,1-3H3/b11-8-,20-17-,26-24-,40-30-. The number of hydrogen-bond acceptors (Lipinski definition) is 6. The third kappa shape index (κ3) is 64.1. The summed E-state index contributed by atoms with van der Waals surface area (Å²) in [4.78, 5) is 38.2. The van der Waals surface area contributed by atoms with E-state index in [2.05, 4.69) is 69.4 Å². The minimum atomic E-state index is -0.774. The van der Waals surface area contributed by atoms with Crippen molar-refractivity contribution in [1.82, 2.24) is 0 Å². The predicted octanol–water partition coefficient (Wildman–Crippen LogP) is 23.3. The molecule has 0 aromatic heterocycles. The van der Waals surface area contributed by atoms with Crippen LogP contribution in [-0.2, 0) is 28.6 Å². The summed E-state index contributed by atoms with van der Waals surface area (Å²) in [5.74, 6) is -0.863. The van der Waals surface area contributed by atoms with Gasteiger partial charge in [-0.2, -0.15) is 0 Å². The van der Waals surface area contributed by atoms with E-state index in [0.29, 0.717) is 19.3 Å². The van der Waals surface area contributed by atoms with Crippen LogP contribution in [0.1, 0.15) is 367 Å². The zero-order valence-electron chi connectivity index (χ0n) is 51.7. The molecular formula is C71H130O6. The second-order valence-electron chi connectivity index (χ2n) is 23.1. The van der Waals surface area contributed by atoms with Crippen LogP contribution in [0.5, 0.6) is 0 Å². The van der Waals surface area contributed by atoms with Gasteiger partial charge in [0.25, 0.3) is 0 Å². The van der Waals surface area contributed by atoms with Gasteiger partial charge in [0.1, 0.15) is 13.2 Å². The topological polar surface area (TPSA) is 78.9 Å². The summed E-state index contributed by atoms with van der Waals surface area (Å²) in [5, 5.41) is 0. The average Bonchev–Trinajstić information content (AvgIpc) is 3.43. The number of hydrogen-bond donors (Lipinski definition) is 0. The van der Waals surface area contributed by atoms with Crippen LogP contribution in [0, 0.1) is 0 Å². The van der Waals surface area contributed by atoms with E-state index in [9.17, 15) is 14.4 Å². The Morgan fingerprint density at radius 3 is 0.792 bits per heavy atom. The highest BCUT2D eigenvalue weighted by molar-refractivity contribution is 5.71. The van der Waals surface area contributed by atoms with Crippen molar-refractivity contribution in [2.24, 2.45) is 0 Å². The molecule has 0 amide bonds. The van der Waals surface area contributed by atoms with Crippen molar-refractivity contribution in [1.29, 1.82) is 0 Å². The van der Waals surface area contributed by atoms with E-state index < -0.39 is 6.10 Å². The highest BCUT2D eigenvalue weighted by Gasteiger charge is 2.19. The minimum absolute atomic E-state index is 0.0719. The molecule has 0 saturated carbocycles. The Morgan fingerprint density at radius 2 is 0.506 bits per heavy atom. The second kappa shape index (κ2) is 65.9. The molecular weight excluding hydrogens is 949 g/mol. The zero-order valence-corrected chi connectivity index (χ0v) is 51.7. The van der Waals surface area contributed by atoms with E-state index in [1.807, 2.05) is 0 Å². The smallest absolute Gasteiger partial charge is 0.306 e. The van der Waals surface area contributed by atoms with Crippen LogP contribution in [-0.4, -0.2) is 37.2 Å². The van der Waals surface area contributed by atoms with Crippen LogP contribution in [0.3, 0.4) is 0 Å². The van der Waals surface area contributed by atoms with Gasteiger partial charge in [0.2, 0.25) is 0 Å². The first-order valence-corrected chi connectivity index (χ1v) is 34.1. The molecule has 1 unspecified atom stereocenters. The van der Waals surface area contributed by atoms with Crippen LogP contribution < -0.4 is 0 Å². The predicted molar refractivity (Wildman–Crippen MR) is 335 cm³/mol. The quantitative estimate of drug-likeness (QED) is 0.0261. The number of esters is 3. The molecule has 0 aliphatic heterocycles. The Hall–Kier alpha value is -2.63. The first-order valence-electron chi connectivity index (χ1n) is 34.1. The maximum atomic E-state index is 12.9. The molecule has 450 valence electrons. The molecule has 0 heterocycles. The lowest BCUT2D eigenvalue weighted by Gasteiger charge is -2.18. The Morgan fingerprint density at radius 1 is 0.273 bits per heavy atom. The van der Waals surface area contributed by atoms with Gasteiger partial charge < -0.3 is 14.2 Å². The van der Waals surface area contributed by atoms with Crippen LogP contribution >= 0.6 is 0 Å². The molecule has 0 spiro atoms. The number of rotatable bonds is 63. The Labute approximate surface area is 479 Å². The van der Waals surface area contributed by atoms with Crippen molar-refractivity contribution >= 4 is 17.9 Å². The monoisotopic (exact) mass is 1080 g/mol. The first kappa shape index (κ1) is 74.4. The van der Waals surface area contributed by atoms with Gasteiger partial charge in [0.05, 0.1) is 0 Å². The third-order valence-electron chi connectivity index (χ3n) is 15.3. The molecule has 0 fully saturated rings. The van der Waals surface area contributed by atoms with E-state index >= 15 is 0 Å². The fourth-order valence-electron chi connectivity index (χ4n) is 10.3. The molecule has 0 rings (SSSR count). The molecule has 0 aromatic carbocycles. The summed E-state index contributed by atoms with van der Waals surface area (Å²) in [6.45, 7) is 6.55. The molecule has 6 nitrogen and oxygen atoms in total. The number of carbonyl (C=O) groups excluding carboxylic acids is 3. The highest BCUT2D eigenvalue weighted by atomic mass is 16.6. The van der Waals surface area contributed by atoms with Gasteiger partial charge >= 0.3 is 17.9 Å². The van der Waals surface area contributed by atoms with Gasteiger partial charge in [-0.1, -0.05) is 339 Å². The van der Waals surface area contributed by atoms with Crippen molar-refractivity contribution in [2.75, 3.05) is 13.2 Å². The summed E-state index contributed by atoms with van der Waals surface area (Å²) in [7, 11) is 0. The maximum Gasteiger partial charge on any atom is 0.306 e. The van der Waals surface area contributed by atoms with E-state index in [-0.39, 0.29) is 31.1 Å². The van der Waals surface area contributed by atoms with Crippen LogP contribution in [0.2, 0.25) is 0 Å². The molecule has 0 aliphatic rings. The fourth-order valence-corrected chi connectivity index (χ4v) is 10.3. The normalized spacial score (nSPS) is 12.3. The molecule has 0 saturated heterocycles. The lowest BCUT2D eigenvalue weighted by Crippen LogP contribution is -2.30. The zero-order chi connectivity index (χ0) is 55.7. The number of unbranched alkanes of at least 4 members (excludes halogenated alkanes) is 44. The lowest BCUT2D eigenvalue weighted by atomic mass is 10.0. The van der Waals surface area contributed by atoms with Gasteiger partial charge in [0, 0.05) is 19.3 Å². The first-order chi connectivity index (χ1) is 38.0. The van der Waals surface area contributed by atoms with Gasteiger partial charge in [0.15, 0.2) is 6.10 Å². The second-order valence-corrected chi connectivity index (χ2v) is 23.1. The maximum absolute atomic E-state index is 12.9. The highest BCUT2D eigenvalue weighted by Crippen LogP contribution is 2.18. The Bertz CT molecular complexity index is 1330. The Balaban J connectivity index is 4.06. The molecule has 0 N–H and O–H groups in total. The van der Waals surface area contributed by atoms with E-state index in [1.54, 1.807) is 0 Å². The number of carbonyl (C=O) groups is 3. The average molecular weight is 1080 g/mol. The van der Waals surface area contributed by atoms with Crippen molar-refractivity contribution in [3.8, 4) is 0 Å². The molecule has 6 heteroatoms. The largest absolute Gasteiger partial charge is 0.462 e. The van der Waals surface area contributed by atoms with Crippen molar-refractivity contribution in [2.45, 2.75) is 374 Å². The van der Waals surface area contributed by atoms with E-state index in [4.69, 9.17) is 14.2 Å². The van der Waals surface area contributed by atoms with E-state index in [1.165, 1.54) is 238 Å². The molecule has 1 atom stereocenters. The van der Waals surface area contributed by atoms with Crippen molar-refractivity contribution in [3.05, 3.63) is 48.6 Å². The summed E-state index contributed by atoms with van der Waals surface area (Å²) in [6, 6.07) is 0. The fraction of sp³-hybridized carbons (Fsp3) is 0.845. The summed E-state index contributed by atoms with van der Waals surface area (Å²) >= 11 is 0. The van der Waals surface area contributed by atoms with E-state index in [0.717, 1.165) is 89.9 Å². The molecule has 0 bridgehead atoms. The van der Waals surface area contributed by atoms with Gasteiger partial charge in [-0.25, -0.2) is 0 Å². The van der Waals surface area contributed by atoms with Gasteiger partial charge in [-0.05, 0) is 57.8 Å². The summed E-state index contributed by atoms with van der Waals surface area (Å²) in [5.41, 5.74) is 0. The van der Waals surface area contributed by atoms with Crippen molar-refractivity contribution in [3.63, 3.8) is 0 Å².